The quantitative estimate of drug-likeness (QED) is 0.895. The van der Waals surface area contributed by atoms with E-state index in [0.717, 1.165) is 30.8 Å². The molecule has 0 radical (unpaired) electrons. The summed E-state index contributed by atoms with van der Waals surface area (Å²) in [5.41, 5.74) is 0.832. The number of aromatic nitrogens is 2. The highest BCUT2D eigenvalue weighted by molar-refractivity contribution is 5.33. The predicted molar refractivity (Wildman–Crippen MR) is 76.0 cm³/mol. The molecule has 3 nitrogen and oxygen atoms in total. The number of rotatable bonds is 5. The van der Waals surface area contributed by atoms with Gasteiger partial charge in [-0.2, -0.15) is 13.2 Å². The highest BCUT2D eigenvalue weighted by Gasteiger charge is 2.30. The Hall–Kier alpha value is -1.98. The van der Waals surface area contributed by atoms with Crippen molar-refractivity contribution in [1.29, 1.82) is 0 Å². The van der Waals surface area contributed by atoms with Gasteiger partial charge in [0.25, 0.3) is 0 Å². The van der Waals surface area contributed by atoms with Gasteiger partial charge in [-0.3, -0.25) is 0 Å². The lowest BCUT2D eigenvalue weighted by Gasteiger charge is -2.11. The molecule has 2 aromatic rings. The fourth-order valence-electron chi connectivity index (χ4n) is 2.14. The fourth-order valence-corrected chi connectivity index (χ4v) is 2.14. The van der Waals surface area contributed by atoms with Crippen LogP contribution in [0.1, 0.15) is 30.2 Å². The molecule has 0 unspecified atom stereocenters. The number of anilines is 1. The molecular formula is C15H18F3N3. The van der Waals surface area contributed by atoms with E-state index in [4.69, 9.17) is 0 Å². The Kier molecular flexibility index (Phi) is 4.55. The van der Waals surface area contributed by atoms with Gasteiger partial charge in [-0.25, -0.2) is 4.98 Å². The Morgan fingerprint density at radius 1 is 1.29 bits per heavy atom. The molecule has 1 aromatic heterocycles. The third kappa shape index (κ3) is 4.00. The molecule has 0 atom stereocenters. The Morgan fingerprint density at radius 3 is 2.71 bits per heavy atom. The van der Waals surface area contributed by atoms with Gasteiger partial charge >= 0.3 is 6.18 Å². The smallest absolute Gasteiger partial charge is 0.352 e. The Labute approximate surface area is 121 Å². The average Bonchev–Trinajstić information content (AvgIpc) is 2.76. The van der Waals surface area contributed by atoms with Gasteiger partial charge in [0.2, 0.25) is 5.95 Å². The van der Waals surface area contributed by atoms with Gasteiger partial charge in [-0.05, 0) is 31.0 Å². The third-order valence-corrected chi connectivity index (χ3v) is 3.07. The zero-order chi connectivity index (χ0) is 15.5. The molecule has 0 saturated carbocycles. The predicted octanol–water partition coefficient (Wildman–Crippen LogP) is 4.23. The van der Waals surface area contributed by atoms with Crippen LogP contribution in [0.2, 0.25) is 0 Å². The Balaban J connectivity index is 2.10. The molecule has 21 heavy (non-hydrogen) atoms. The maximum atomic E-state index is 12.7. The van der Waals surface area contributed by atoms with Crippen LogP contribution in [0.15, 0.2) is 30.5 Å². The van der Waals surface area contributed by atoms with Crippen molar-refractivity contribution in [3.8, 4) is 0 Å². The van der Waals surface area contributed by atoms with E-state index in [1.807, 2.05) is 17.7 Å². The lowest BCUT2D eigenvalue weighted by molar-refractivity contribution is -0.137. The Morgan fingerprint density at radius 2 is 2.05 bits per heavy atom. The minimum atomic E-state index is -4.31. The third-order valence-electron chi connectivity index (χ3n) is 3.07. The van der Waals surface area contributed by atoms with E-state index in [1.54, 1.807) is 6.07 Å². The molecule has 0 spiro atoms. The lowest BCUT2D eigenvalue weighted by atomic mass is 10.1. The van der Waals surface area contributed by atoms with Crippen LogP contribution in [0, 0.1) is 6.92 Å². The second-order valence-corrected chi connectivity index (χ2v) is 4.95. The first-order valence-corrected chi connectivity index (χ1v) is 6.84. The van der Waals surface area contributed by atoms with Crippen molar-refractivity contribution in [2.24, 2.45) is 0 Å². The van der Waals surface area contributed by atoms with Crippen LogP contribution in [-0.4, -0.2) is 9.55 Å². The average molecular weight is 297 g/mol. The lowest BCUT2D eigenvalue weighted by Crippen LogP contribution is -2.09. The molecule has 1 N–H and O–H groups in total. The van der Waals surface area contributed by atoms with E-state index in [-0.39, 0.29) is 0 Å². The van der Waals surface area contributed by atoms with Crippen molar-refractivity contribution >= 4 is 5.95 Å². The first-order chi connectivity index (χ1) is 9.90. The molecule has 0 aliphatic carbocycles. The van der Waals surface area contributed by atoms with E-state index >= 15 is 0 Å². The topological polar surface area (TPSA) is 29.9 Å². The summed E-state index contributed by atoms with van der Waals surface area (Å²) < 4.78 is 40.0. The molecule has 1 heterocycles. The molecule has 0 amide bonds. The molecule has 0 aliphatic heterocycles. The summed E-state index contributed by atoms with van der Waals surface area (Å²) in [7, 11) is 0. The van der Waals surface area contributed by atoms with Crippen molar-refractivity contribution in [2.75, 3.05) is 5.32 Å². The summed E-state index contributed by atoms with van der Waals surface area (Å²) in [6.45, 7) is 5.09. The number of hydrogen-bond donors (Lipinski definition) is 1. The van der Waals surface area contributed by atoms with E-state index in [0.29, 0.717) is 18.1 Å². The summed E-state index contributed by atoms with van der Waals surface area (Å²) in [5, 5.41) is 3.10. The minimum Gasteiger partial charge on any atom is -0.352 e. The van der Waals surface area contributed by atoms with E-state index < -0.39 is 11.7 Å². The highest BCUT2D eigenvalue weighted by Crippen LogP contribution is 2.29. The second-order valence-electron chi connectivity index (χ2n) is 4.95. The first-order valence-electron chi connectivity index (χ1n) is 6.84. The van der Waals surface area contributed by atoms with Gasteiger partial charge < -0.3 is 9.88 Å². The maximum absolute atomic E-state index is 12.7. The molecule has 0 bridgehead atoms. The summed E-state index contributed by atoms with van der Waals surface area (Å²) in [4.78, 5) is 4.35. The normalized spacial score (nSPS) is 11.7. The number of alkyl halides is 3. The molecule has 6 heteroatoms. The SMILES string of the molecule is CCCn1cc(C)nc1NCc1cccc(C(F)(F)F)c1. The number of nitrogens with one attached hydrogen (secondary N) is 1. The van der Waals surface area contributed by atoms with Gasteiger partial charge in [-0.15, -0.1) is 0 Å². The zero-order valence-corrected chi connectivity index (χ0v) is 12.0. The van der Waals surface area contributed by atoms with E-state index in [1.165, 1.54) is 6.07 Å². The van der Waals surface area contributed by atoms with Gasteiger partial charge in [0.1, 0.15) is 0 Å². The number of imidazole rings is 1. The number of hydrogen-bond acceptors (Lipinski definition) is 2. The molecule has 114 valence electrons. The van der Waals surface area contributed by atoms with Gasteiger partial charge in [0.05, 0.1) is 11.3 Å². The van der Waals surface area contributed by atoms with Crippen LogP contribution < -0.4 is 5.32 Å². The fraction of sp³-hybridized carbons (Fsp3) is 0.400. The second kappa shape index (κ2) is 6.20. The summed E-state index contributed by atoms with van der Waals surface area (Å²) >= 11 is 0. The van der Waals surface area contributed by atoms with Crippen LogP contribution >= 0.6 is 0 Å². The van der Waals surface area contributed by atoms with Crippen molar-refractivity contribution in [3.05, 3.63) is 47.3 Å². The monoisotopic (exact) mass is 297 g/mol. The standard InChI is InChI=1S/C15H18F3N3/c1-3-7-21-10-11(2)20-14(21)19-9-12-5-4-6-13(8-12)15(16,17)18/h4-6,8,10H,3,7,9H2,1-2H3,(H,19,20). The van der Waals surface area contributed by atoms with Gasteiger partial charge in [-0.1, -0.05) is 19.1 Å². The van der Waals surface area contributed by atoms with Crippen LogP contribution in [-0.2, 0) is 19.3 Å². The van der Waals surface area contributed by atoms with Crippen molar-refractivity contribution in [1.82, 2.24) is 9.55 Å². The number of aryl methyl sites for hydroxylation is 2. The maximum Gasteiger partial charge on any atom is 0.416 e. The highest BCUT2D eigenvalue weighted by atomic mass is 19.4. The number of nitrogens with zero attached hydrogens (tertiary/aromatic N) is 2. The van der Waals surface area contributed by atoms with Crippen LogP contribution in [0.25, 0.3) is 0 Å². The van der Waals surface area contributed by atoms with Gasteiger partial charge in [0, 0.05) is 19.3 Å². The summed E-state index contributed by atoms with van der Waals surface area (Å²) in [6, 6.07) is 5.32. The molecular weight excluding hydrogens is 279 g/mol. The summed E-state index contributed by atoms with van der Waals surface area (Å²) in [5.74, 6) is 0.687. The van der Waals surface area contributed by atoms with Gasteiger partial charge in [0.15, 0.2) is 0 Å². The number of benzene rings is 1. The molecule has 0 fully saturated rings. The number of halogens is 3. The molecule has 0 aliphatic rings. The van der Waals surface area contributed by atoms with E-state index in [9.17, 15) is 13.2 Å². The molecule has 0 saturated heterocycles. The van der Waals surface area contributed by atoms with Crippen molar-refractivity contribution in [2.45, 2.75) is 39.5 Å². The van der Waals surface area contributed by atoms with E-state index in [2.05, 4.69) is 17.2 Å². The zero-order valence-electron chi connectivity index (χ0n) is 12.0. The first kappa shape index (κ1) is 15.4. The van der Waals surface area contributed by atoms with Crippen LogP contribution in [0.3, 0.4) is 0 Å². The summed E-state index contributed by atoms with van der Waals surface area (Å²) in [6.07, 6.45) is -1.42. The Bertz CT molecular complexity index is 602. The minimum absolute atomic E-state index is 0.310. The van der Waals surface area contributed by atoms with Crippen molar-refractivity contribution in [3.63, 3.8) is 0 Å². The molecule has 2 rings (SSSR count). The van der Waals surface area contributed by atoms with Crippen LogP contribution in [0.4, 0.5) is 19.1 Å². The molecule has 1 aromatic carbocycles. The largest absolute Gasteiger partial charge is 0.416 e. The van der Waals surface area contributed by atoms with Crippen LogP contribution in [0.5, 0.6) is 0 Å². The van der Waals surface area contributed by atoms with Crippen molar-refractivity contribution < 1.29 is 13.2 Å².